The van der Waals surface area contributed by atoms with Crippen molar-refractivity contribution < 1.29 is 18.7 Å². The molecule has 5 nitrogen and oxygen atoms in total. The molecule has 128 valence electrons. The highest BCUT2D eigenvalue weighted by molar-refractivity contribution is 5.97. The summed E-state index contributed by atoms with van der Waals surface area (Å²) in [4.78, 5) is 16.6. The highest BCUT2D eigenvalue weighted by atomic mass is 19.1. The summed E-state index contributed by atoms with van der Waals surface area (Å²) < 4.78 is 19.2. The Kier molecular flexibility index (Phi) is 3.67. The first kappa shape index (κ1) is 15.6. The first-order valence-electron chi connectivity index (χ1n) is 8.22. The Labute approximate surface area is 143 Å². The van der Waals surface area contributed by atoms with E-state index in [-0.39, 0.29) is 17.8 Å². The van der Waals surface area contributed by atoms with E-state index in [1.54, 1.807) is 31.2 Å². The maximum absolute atomic E-state index is 13.6. The molecule has 0 radical (unpaired) electrons. The molecule has 1 aliphatic carbocycles. The van der Waals surface area contributed by atoms with Crippen LogP contribution in [0.4, 0.5) is 4.39 Å². The molecule has 0 bridgehead atoms. The number of phenolic OH excluding ortho intramolecular Hbond substituents is 1. The number of carbonyl (C=O) groups is 1. The van der Waals surface area contributed by atoms with Crippen molar-refractivity contribution in [2.45, 2.75) is 32.2 Å². The Hall–Kier alpha value is -2.89. The van der Waals surface area contributed by atoms with Crippen LogP contribution in [0.3, 0.4) is 0 Å². The van der Waals surface area contributed by atoms with E-state index in [1.165, 1.54) is 6.07 Å². The van der Waals surface area contributed by atoms with Gasteiger partial charge in [0.05, 0.1) is 0 Å². The molecule has 1 aliphatic rings. The molecule has 1 saturated carbocycles. The topological polar surface area (TPSA) is 75.4 Å². The number of halogens is 1. The van der Waals surface area contributed by atoms with Gasteiger partial charge in [0.25, 0.3) is 5.91 Å². The fourth-order valence-corrected chi connectivity index (χ4v) is 2.89. The molecule has 0 spiro atoms. The summed E-state index contributed by atoms with van der Waals surface area (Å²) in [5.74, 6) is -0.955. The van der Waals surface area contributed by atoms with Gasteiger partial charge in [-0.15, -0.1) is 0 Å². The van der Waals surface area contributed by atoms with Crippen LogP contribution in [0.2, 0.25) is 0 Å². The van der Waals surface area contributed by atoms with Gasteiger partial charge in [0, 0.05) is 17.2 Å². The minimum absolute atomic E-state index is 0.119. The Balaban J connectivity index is 1.67. The minimum Gasteiger partial charge on any atom is -0.505 e. The van der Waals surface area contributed by atoms with Crippen molar-refractivity contribution in [3.05, 3.63) is 47.3 Å². The van der Waals surface area contributed by atoms with Crippen molar-refractivity contribution in [1.29, 1.82) is 0 Å². The van der Waals surface area contributed by atoms with Crippen LogP contribution in [0.25, 0.3) is 22.6 Å². The number of benzene rings is 2. The SMILES string of the molecule is Cc1cc(-c2nc3cc(C(=O)NC4CCC4)ccc3o2)cc(O)c1F. The number of hydrogen-bond acceptors (Lipinski definition) is 4. The monoisotopic (exact) mass is 340 g/mol. The number of carbonyl (C=O) groups excluding carboxylic acids is 1. The van der Waals surface area contributed by atoms with Crippen molar-refractivity contribution >= 4 is 17.0 Å². The molecule has 1 aromatic heterocycles. The number of rotatable bonds is 3. The second kappa shape index (κ2) is 5.88. The maximum atomic E-state index is 13.6. The van der Waals surface area contributed by atoms with Gasteiger partial charge in [0.2, 0.25) is 5.89 Å². The van der Waals surface area contributed by atoms with E-state index in [0.717, 1.165) is 19.3 Å². The Morgan fingerprint density at radius 3 is 2.80 bits per heavy atom. The third-order valence-electron chi connectivity index (χ3n) is 4.57. The first-order valence-corrected chi connectivity index (χ1v) is 8.22. The number of aryl methyl sites for hydroxylation is 1. The largest absolute Gasteiger partial charge is 0.505 e. The van der Waals surface area contributed by atoms with Crippen LogP contribution >= 0.6 is 0 Å². The van der Waals surface area contributed by atoms with Crippen LogP contribution in [0.15, 0.2) is 34.7 Å². The third-order valence-corrected chi connectivity index (χ3v) is 4.57. The zero-order chi connectivity index (χ0) is 17.6. The van der Waals surface area contributed by atoms with Crippen molar-refractivity contribution in [2.75, 3.05) is 0 Å². The lowest BCUT2D eigenvalue weighted by Crippen LogP contribution is -2.39. The first-order chi connectivity index (χ1) is 12.0. The second-order valence-electron chi connectivity index (χ2n) is 6.43. The van der Waals surface area contributed by atoms with E-state index in [1.807, 2.05) is 0 Å². The van der Waals surface area contributed by atoms with Gasteiger partial charge in [-0.25, -0.2) is 9.37 Å². The summed E-state index contributed by atoms with van der Waals surface area (Å²) in [7, 11) is 0. The van der Waals surface area contributed by atoms with Gasteiger partial charge in [-0.1, -0.05) is 0 Å². The lowest BCUT2D eigenvalue weighted by Gasteiger charge is -2.26. The average molecular weight is 340 g/mol. The Morgan fingerprint density at radius 2 is 2.12 bits per heavy atom. The fourth-order valence-electron chi connectivity index (χ4n) is 2.89. The van der Waals surface area contributed by atoms with Crippen LogP contribution < -0.4 is 5.32 Å². The summed E-state index contributed by atoms with van der Waals surface area (Å²) in [6.45, 7) is 1.56. The van der Waals surface area contributed by atoms with Gasteiger partial charge in [0.1, 0.15) is 5.52 Å². The maximum Gasteiger partial charge on any atom is 0.251 e. The number of aromatic hydroxyl groups is 1. The molecule has 2 aromatic carbocycles. The summed E-state index contributed by atoms with van der Waals surface area (Å²) in [5, 5.41) is 12.6. The normalized spacial score (nSPS) is 14.5. The fraction of sp³-hybridized carbons (Fsp3) is 0.263. The average Bonchev–Trinajstić information content (AvgIpc) is 2.98. The molecular weight excluding hydrogens is 323 g/mol. The predicted molar refractivity (Wildman–Crippen MR) is 90.9 cm³/mol. The van der Waals surface area contributed by atoms with E-state index in [0.29, 0.717) is 27.8 Å². The molecule has 1 fully saturated rings. The van der Waals surface area contributed by atoms with Crippen LogP contribution in [0, 0.1) is 12.7 Å². The Bertz CT molecular complexity index is 953. The summed E-state index contributed by atoms with van der Waals surface area (Å²) in [6, 6.07) is 8.16. The molecular formula is C19H17FN2O3. The van der Waals surface area contributed by atoms with E-state index < -0.39 is 11.6 Å². The standard InChI is InChI=1S/C19H17FN2O3/c1-10-7-12(9-15(23)17(10)20)19-22-14-8-11(5-6-16(14)25-19)18(24)21-13-3-2-4-13/h5-9,13,23H,2-4H2,1H3,(H,21,24). The number of phenols is 1. The lowest BCUT2D eigenvalue weighted by molar-refractivity contribution is 0.0917. The number of nitrogens with one attached hydrogen (secondary N) is 1. The molecule has 2 N–H and O–H groups in total. The van der Waals surface area contributed by atoms with Crippen molar-refractivity contribution in [2.24, 2.45) is 0 Å². The third kappa shape index (κ3) is 2.84. The van der Waals surface area contributed by atoms with Gasteiger partial charge >= 0.3 is 0 Å². The molecule has 0 atom stereocenters. The van der Waals surface area contributed by atoms with Crippen LogP contribution in [0.5, 0.6) is 5.75 Å². The minimum atomic E-state index is -0.658. The lowest BCUT2D eigenvalue weighted by atomic mass is 9.93. The van der Waals surface area contributed by atoms with E-state index >= 15 is 0 Å². The van der Waals surface area contributed by atoms with Crippen LogP contribution in [0.1, 0.15) is 35.2 Å². The van der Waals surface area contributed by atoms with Gasteiger partial charge < -0.3 is 14.8 Å². The number of hydrogen-bond donors (Lipinski definition) is 2. The number of amides is 1. The number of oxazole rings is 1. The highest BCUT2D eigenvalue weighted by Crippen LogP contribution is 2.30. The van der Waals surface area contributed by atoms with Gasteiger partial charge in [-0.05, 0) is 62.1 Å². The van der Waals surface area contributed by atoms with Gasteiger partial charge in [0.15, 0.2) is 17.1 Å². The van der Waals surface area contributed by atoms with E-state index in [9.17, 15) is 14.3 Å². The molecule has 3 aromatic rings. The molecule has 25 heavy (non-hydrogen) atoms. The smallest absolute Gasteiger partial charge is 0.251 e. The molecule has 4 rings (SSSR count). The molecule has 0 unspecified atom stereocenters. The zero-order valence-electron chi connectivity index (χ0n) is 13.7. The molecule has 0 aliphatic heterocycles. The Morgan fingerprint density at radius 1 is 1.32 bits per heavy atom. The van der Waals surface area contributed by atoms with Crippen LogP contribution in [-0.4, -0.2) is 22.0 Å². The highest BCUT2D eigenvalue weighted by Gasteiger charge is 2.21. The number of nitrogens with zero attached hydrogens (tertiary/aromatic N) is 1. The summed E-state index contributed by atoms with van der Waals surface area (Å²) in [5.41, 5.74) is 2.37. The number of aromatic nitrogens is 1. The van der Waals surface area contributed by atoms with E-state index in [2.05, 4.69) is 10.3 Å². The second-order valence-corrected chi connectivity index (χ2v) is 6.43. The van der Waals surface area contributed by atoms with E-state index in [4.69, 9.17) is 4.42 Å². The van der Waals surface area contributed by atoms with Gasteiger partial charge in [-0.3, -0.25) is 4.79 Å². The van der Waals surface area contributed by atoms with Gasteiger partial charge in [-0.2, -0.15) is 0 Å². The summed E-state index contributed by atoms with van der Waals surface area (Å²) in [6.07, 6.45) is 3.20. The molecule has 0 saturated heterocycles. The molecule has 1 heterocycles. The van der Waals surface area contributed by atoms with Crippen molar-refractivity contribution in [3.8, 4) is 17.2 Å². The van der Waals surface area contributed by atoms with Crippen LogP contribution in [-0.2, 0) is 0 Å². The zero-order valence-corrected chi connectivity index (χ0v) is 13.7. The van der Waals surface area contributed by atoms with Crippen molar-refractivity contribution in [1.82, 2.24) is 10.3 Å². The molecule has 1 amide bonds. The van der Waals surface area contributed by atoms with Crippen molar-refractivity contribution in [3.63, 3.8) is 0 Å². The molecule has 6 heteroatoms. The summed E-state index contributed by atoms with van der Waals surface area (Å²) >= 11 is 0. The predicted octanol–water partition coefficient (Wildman–Crippen LogP) is 3.93. The number of fused-ring (bicyclic) bond motifs is 1. The quantitative estimate of drug-likeness (QED) is 0.757.